The van der Waals surface area contributed by atoms with Crippen LogP contribution >= 0.6 is 11.6 Å². The summed E-state index contributed by atoms with van der Waals surface area (Å²) in [6.45, 7) is 4.54. The van der Waals surface area contributed by atoms with Gasteiger partial charge in [0.2, 0.25) is 0 Å². The fourth-order valence-electron chi connectivity index (χ4n) is 2.71. The summed E-state index contributed by atoms with van der Waals surface area (Å²) in [5, 5.41) is 13.2. The lowest BCUT2D eigenvalue weighted by Gasteiger charge is -2.32. The van der Waals surface area contributed by atoms with Crippen LogP contribution in [0.3, 0.4) is 0 Å². The predicted octanol–water partition coefficient (Wildman–Crippen LogP) is 2.70. The van der Waals surface area contributed by atoms with E-state index in [0.717, 1.165) is 30.1 Å². The summed E-state index contributed by atoms with van der Waals surface area (Å²) < 4.78 is 5.90. The van der Waals surface area contributed by atoms with E-state index in [9.17, 15) is 0 Å². The minimum absolute atomic E-state index is 0.0126. The molecule has 1 aliphatic rings. The molecule has 1 saturated heterocycles. The molecule has 19 heavy (non-hydrogen) atoms. The topological polar surface area (TPSA) is 41.5 Å². The van der Waals surface area contributed by atoms with E-state index in [-0.39, 0.29) is 12.7 Å². The lowest BCUT2D eigenvalue weighted by Crippen LogP contribution is -2.34. The van der Waals surface area contributed by atoms with Gasteiger partial charge in [0.1, 0.15) is 0 Å². The number of aliphatic hydroxyl groups excluding tert-OH is 1. The van der Waals surface area contributed by atoms with Gasteiger partial charge in [-0.05, 0) is 49.6 Å². The molecule has 2 N–H and O–H groups in total. The summed E-state index contributed by atoms with van der Waals surface area (Å²) in [7, 11) is 0. The Balaban J connectivity index is 2.22. The highest BCUT2D eigenvalue weighted by Gasteiger charge is 2.27. The molecule has 0 spiro atoms. The SMILES string of the molecule is Cc1ccc(Cl)cc1[C@H](OCCO)C1CCCNC1. The number of aryl methyl sites for hydroxylation is 1. The first kappa shape index (κ1) is 14.8. The Morgan fingerprint density at radius 3 is 3.05 bits per heavy atom. The van der Waals surface area contributed by atoms with Crippen molar-refractivity contribution in [2.45, 2.75) is 25.9 Å². The van der Waals surface area contributed by atoms with E-state index in [1.54, 1.807) is 0 Å². The molecule has 1 aromatic rings. The smallest absolute Gasteiger partial charge is 0.0869 e. The van der Waals surface area contributed by atoms with E-state index in [1.165, 1.54) is 12.0 Å². The largest absolute Gasteiger partial charge is 0.394 e. The van der Waals surface area contributed by atoms with Gasteiger partial charge in [0.05, 0.1) is 19.3 Å². The number of hydrogen-bond acceptors (Lipinski definition) is 3. The van der Waals surface area contributed by atoms with Crippen LogP contribution in [0.15, 0.2) is 18.2 Å². The second-order valence-corrected chi connectivity index (χ2v) is 5.56. The zero-order valence-electron chi connectivity index (χ0n) is 11.4. The Morgan fingerprint density at radius 2 is 2.37 bits per heavy atom. The van der Waals surface area contributed by atoms with Gasteiger partial charge in [0.25, 0.3) is 0 Å². The Bertz CT molecular complexity index is 405. The average molecular weight is 284 g/mol. The summed E-state index contributed by atoms with van der Waals surface area (Å²) in [5.41, 5.74) is 2.34. The van der Waals surface area contributed by atoms with Gasteiger partial charge in [-0.15, -0.1) is 0 Å². The van der Waals surface area contributed by atoms with E-state index in [1.807, 2.05) is 18.2 Å². The fourth-order valence-corrected chi connectivity index (χ4v) is 2.90. The first-order valence-corrected chi connectivity index (χ1v) is 7.29. The van der Waals surface area contributed by atoms with Crippen LogP contribution in [0, 0.1) is 12.8 Å². The number of benzene rings is 1. The zero-order valence-corrected chi connectivity index (χ0v) is 12.1. The van der Waals surface area contributed by atoms with Crippen LogP contribution in [0.5, 0.6) is 0 Å². The summed E-state index contributed by atoms with van der Waals surface area (Å²) in [4.78, 5) is 0. The van der Waals surface area contributed by atoms with Crippen molar-refractivity contribution in [2.24, 2.45) is 5.92 Å². The lowest BCUT2D eigenvalue weighted by atomic mass is 9.87. The Morgan fingerprint density at radius 1 is 1.53 bits per heavy atom. The Hall–Kier alpha value is -0.610. The molecule has 1 aliphatic heterocycles. The van der Waals surface area contributed by atoms with Crippen LogP contribution in [0.4, 0.5) is 0 Å². The first-order chi connectivity index (χ1) is 9.22. The van der Waals surface area contributed by atoms with Gasteiger partial charge in [-0.2, -0.15) is 0 Å². The summed E-state index contributed by atoms with van der Waals surface area (Å²) in [6, 6.07) is 5.93. The third-order valence-corrected chi connectivity index (χ3v) is 3.93. The molecule has 0 aliphatic carbocycles. The van der Waals surface area contributed by atoms with Crippen molar-refractivity contribution >= 4 is 11.6 Å². The minimum atomic E-state index is 0.0126. The highest BCUT2D eigenvalue weighted by atomic mass is 35.5. The second-order valence-electron chi connectivity index (χ2n) is 5.12. The van der Waals surface area contributed by atoms with E-state index < -0.39 is 0 Å². The Kier molecular flexibility index (Phi) is 5.64. The summed E-state index contributed by atoms with van der Waals surface area (Å²) in [5.74, 6) is 0.442. The maximum absolute atomic E-state index is 9.02. The molecule has 0 bridgehead atoms. The monoisotopic (exact) mass is 283 g/mol. The molecule has 0 aromatic heterocycles. The van der Waals surface area contributed by atoms with Crippen molar-refractivity contribution < 1.29 is 9.84 Å². The van der Waals surface area contributed by atoms with Gasteiger partial charge in [-0.25, -0.2) is 0 Å². The number of piperidine rings is 1. The molecule has 3 nitrogen and oxygen atoms in total. The van der Waals surface area contributed by atoms with Crippen LogP contribution in [-0.2, 0) is 4.74 Å². The number of aliphatic hydroxyl groups is 1. The van der Waals surface area contributed by atoms with Crippen molar-refractivity contribution in [3.63, 3.8) is 0 Å². The molecule has 2 atom stereocenters. The highest BCUT2D eigenvalue weighted by Crippen LogP contribution is 2.33. The second kappa shape index (κ2) is 7.25. The lowest BCUT2D eigenvalue weighted by molar-refractivity contribution is -0.0136. The first-order valence-electron chi connectivity index (χ1n) is 6.91. The molecule has 0 amide bonds. The molecule has 0 saturated carbocycles. The molecular weight excluding hydrogens is 262 g/mol. The molecule has 1 heterocycles. The quantitative estimate of drug-likeness (QED) is 0.873. The highest BCUT2D eigenvalue weighted by molar-refractivity contribution is 6.30. The fraction of sp³-hybridized carbons (Fsp3) is 0.600. The summed E-state index contributed by atoms with van der Waals surface area (Å²) in [6.07, 6.45) is 2.33. The molecule has 1 unspecified atom stereocenters. The molecule has 0 radical (unpaired) electrons. The van der Waals surface area contributed by atoms with Gasteiger partial charge in [0.15, 0.2) is 0 Å². The van der Waals surface area contributed by atoms with E-state index in [2.05, 4.69) is 12.2 Å². The molecular formula is C15H22ClNO2. The number of halogens is 1. The molecule has 4 heteroatoms. The van der Waals surface area contributed by atoms with E-state index in [4.69, 9.17) is 21.4 Å². The maximum atomic E-state index is 9.02. The zero-order chi connectivity index (χ0) is 13.7. The van der Waals surface area contributed by atoms with Gasteiger partial charge in [-0.3, -0.25) is 0 Å². The molecule has 2 rings (SSSR count). The molecule has 106 valence electrons. The predicted molar refractivity (Wildman–Crippen MR) is 77.6 cm³/mol. The number of hydrogen-bond donors (Lipinski definition) is 2. The van der Waals surface area contributed by atoms with Crippen LogP contribution in [0.1, 0.15) is 30.1 Å². The third kappa shape index (κ3) is 3.93. The van der Waals surface area contributed by atoms with E-state index in [0.29, 0.717) is 12.5 Å². The van der Waals surface area contributed by atoms with Crippen LogP contribution in [0.25, 0.3) is 0 Å². The van der Waals surface area contributed by atoms with Crippen molar-refractivity contribution in [1.29, 1.82) is 0 Å². The van der Waals surface area contributed by atoms with Crippen molar-refractivity contribution in [2.75, 3.05) is 26.3 Å². The van der Waals surface area contributed by atoms with Crippen LogP contribution in [0.2, 0.25) is 5.02 Å². The number of nitrogens with one attached hydrogen (secondary N) is 1. The van der Waals surface area contributed by atoms with Crippen molar-refractivity contribution in [1.82, 2.24) is 5.32 Å². The van der Waals surface area contributed by atoms with Crippen molar-refractivity contribution in [3.05, 3.63) is 34.3 Å². The van der Waals surface area contributed by atoms with E-state index >= 15 is 0 Å². The van der Waals surface area contributed by atoms with Gasteiger partial charge < -0.3 is 15.2 Å². The third-order valence-electron chi connectivity index (χ3n) is 3.70. The number of rotatable bonds is 5. The molecule has 1 fully saturated rings. The summed E-state index contributed by atoms with van der Waals surface area (Å²) >= 11 is 6.11. The average Bonchev–Trinajstić information content (AvgIpc) is 2.44. The van der Waals surface area contributed by atoms with Gasteiger partial charge >= 0.3 is 0 Å². The van der Waals surface area contributed by atoms with Gasteiger partial charge in [-0.1, -0.05) is 17.7 Å². The van der Waals surface area contributed by atoms with Crippen LogP contribution < -0.4 is 5.32 Å². The maximum Gasteiger partial charge on any atom is 0.0869 e. The Labute approximate surface area is 119 Å². The van der Waals surface area contributed by atoms with Crippen LogP contribution in [-0.4, -0.2) is 31.4 Å². The minimum Gasteiger partial charge on any atom is -0.394 e. The van der Waals surface area contributed by atoms with Gasteiger partial charge in [0, 0.05) is 17.5 Å². The molecule has 1 aromatic carbocycles. The normalized spacial score (nSPS) is 21.3. The van der Waals surface area contributed by atoms with Crippen molar-refractivity contribution in [3.8, 4) is 0 Å². The number of ether oxygens (including phenoxy) is 1. The standard InChI is InChI=1S/C15H22ClNO2/c1-11-4-5-13(16)9-14(11)15(19-8-7-18)12-3-2-6-17-10-12/h4-5,9,12,15,17-18H,2-3,6-8,10H2,1H3/t12?,15-/m1/s1.